The van der Waals surface area contributed by atoms with E-state index in [0.717, 1.165) is 16.2 Å². The number of terminal acetylenes is 1. The topological polar surface area (TPSA) is 228 Å². The van der Waals surface area contributed by atoms with Crippen molar-refractivity contribution in [2.24, 2.45) is 5.16 Å². The number of thiazole rings is 1. The van der Waals surface area contributed by atoms with Gasteiger partial charge in [-0.15, -0.1) is 34.6 Å². The van der Waals surface area contributed by atoms with Gasteiger partial charge in [-0.05, 0) is 16.0 Å². The van der Waals surface area contributed by atoms with Crippen molar-refractivity contribution in [3.63, 3.8) is 0 Å². The Hall–Kier alpha value is -4.15. The van der Waals surface area contributed by atoms with E-state index < -0.39 is 41.8 Å². The maximum atomic E-state index is 13.0. The molecule has 0 aromatic carbocycles. The zero-order valence-corrected chi connectivity index (χ0v) is 21.5. The molecular weight excluding hydrogens is 562 g/mol. The summed E-state index contributed by atoms with van der Waals surface area (Å²) in [5.41, 5.74) is 5.54. The average molecular weight is 580 g/mol. The lowest BCUT2D eigenvalue weighted by atomic mass is 10.0. The number of thioether (sulfide) groups is 2. The van der Waals surface area contributed by atoms with Crippen molar-refractivity contribution in [1.82, 2.24) is 35.4 Å². The van der Waals surface area contributed by atoms with Crippen LogP contribution in [0.4, 0.5) is 5.13 Å². The van der Waals surface area contributed by atoms with Crippen LogP contribution in [0.5, 0.6) is 0 Å². The number of tetrazole rings is 1. The van der Waals surface area contributed by atoms with Gasteiger partial charge in [0.05, 0.1) is 0 Å². The van der Waals surface area contributed by atoms with Gasteiger partial charge >= 0.3 is 11.9 Å². The fourth-order valence-corrected chi connectivity index (χ4v) is 6.30. The maximum absolute atomic E-state index is 13.0. The second-order valence-corrected chi connectivity index (χ2v) is 10.3. The van der Waals surface area contributed by atoms with Gasteiger partial charge in [0.25, 0.3) is 11.8 Å². The number of hydrogen-bond acceptors (Lipinski definition) is 14. The first-order valence-corrected chi connectivity index (χ1v) is 13.3. The van der Waals surface area contributed by atoms with E-state index in [1.54, 1.807) is 0 Å². The van der Waals surface area contributed by atoms with Crippen LogP contribution < -0.4 is 11.1 Å². The van der Waals surface area contributed by atoms with E-state index in [2.05, 4.69) is 41.7 Å². The number of nitrogen functional groups attached to an aromatic ring is 1. The number of nitrogens with zero attached hydrogens (tertiary/aromatic N) is 7. The minimum atomic E-state index is -1.32. The molecule has 2 amide bonds. The molecule has 0 saturated carbocycles. The Morgan fingerprint density at radius 3 is 2.84 bits per heavy atom. The third-order valence-electron chi connectivity index (χ3n) is 4.98. The first kappa shape index (κ1) is 26.9. The van der Waals surface area contributed by atoms with Crippen molar-refractivity contribution in [2.45, 2.75) is 23.1 Å². The van der Waals surface area contributed by atoms with Gasteiger partial charge in [-0.2, -0.15) is 0 Å². The van der Waals surface area contributed by atoms with Crippen molar-refractivity contribution in [2.75, 3.05) is 23.8 Å². The molecule has 4 heterocycles. The summed E-state index contributed by atoms with van der Waals surface area (Å²) in [6.45, 7) is -0.670. The lowest BCUT2D eigenvalue weighted by Gasteiger charge is -2.49. The van der Waals surface area contributed by atoms with Gasteiger partial charge in [0.2, 0.25) is 11.8 Å². The molecule has 2 aromatic rings. The Kier molecular flexibility index (Phi) is 8.13. The molecule has 19 heteroatoms. The summed E-state index contributed by atoms with van der Waals surface area (Å²) in [4.78, 5) is 58.5. The predicted octanol–water partition coefficient (Wildman–Crippen LogP) is -1.32. The number of fused-ring (bicyclic) bond motifs is 1. The van der Waals surface area contributed by atoms with Gasteiger partial charge in [-0.1, -0.05) is 22.8 Å². The summed E-state index contributed by atoms with van der Waals surface area (Å²) < 4.78 is 1.39. The van der Waals surface area contributed by atoms with Crippen LogP contribution in [-0.4, -0.2) is 99.3 Å². The Morgan fingerprint density at radius 2 is 2.18 bits per heavy atom. The summed E-state index contributed by atoms with van der Waals surface area (Å²) >= 11 is 3.46. The van der Waals surface area contributed by atoms with Gasteiger partial charge in [0.1, 0.15) is 29.4 Å². The van der Waals surface area contributed by atoms with Crippen LogP contribution in [0.2, 0.25) is 0 Å². The third kappa shape index (κ3) is 5.56. The highest BCUT2D eigenvalue weighted by Gasteiger charge is 2.54. The van der Waals surface area contributed by atoms with E-state index in [0.29, 0.717) is 10.7 Å². The molecule has 0 radical (unpaired) electrons. The predicted molar refractivity (Wildman–Crippen MR) is 134 cm³/mol. The van der Waals surface area contributed by atoms with Crippen LogP contribution in [0.3, 0.4) is 0 Å². The maximum Gasteiger partial charge on any atom is 0.352 e. The van der Waals surface area contributed by atoms with Crippen molar-refractivity contribution >= 4 is 69.5 Å². The summed E-state index contributed by atoms with van der Waals surface area (Å²) in [5.74, 6) is -1.26. The van der Waals surface area contributed by atoms with Gasteiger partial charge in [0.15, 0.2) is 10.8 Å². The minimum Gasteiger partial charge on any atom is -0.479 e. The normalized spacial score (nSPS) is 18.9. The van der Waals surface area contributed by atoms with E-state index >= 15 is 0 Å². The van der Waals surface area contributed by atoms with Crippen molar-refractivity contribution < 1.29 is 34.2 Å². The second kappa shape index (κ2) is 11.5. The van der Waals surface area contributed by atoms with E-state index in [1.165, 1.54) is 33.6 Å². The van der Waals surface area contributed by atoms with Gasteiger partial charge in [0, 0.05) is 16.9 Å². The molecule has 16 nitrogen and oxygen atoms in total. The average Bonchev–Trinajstić information content (AvgIpc) is 3.51. The molecule has 2 atom stereocenters. The number of carboxylic acids is 2. The number of carboxylic acid groups (broad SMARTS) is 2. The quantitative estimate of drug-likeness (QED) is 0.0796. The molecule has 198 valence electrons. The number of carbonyl (C=O) groups is 4. The number of carbonyl (C=O) groups excluding carboxylic acids is 2. The Balaban J connectivity index is 1.49. The zero-order chi connectivity index (χ0) is 27.4. The van der Waals surface area contributed by atoms with Crippen LogP contribution in [0, 0.1) is 12.3 Å². The van der Waals surface area contributed by atoms with Crippen molar-refractivity contribution in [3.8, 4) is 12.3 Å². The molecule has 2 aromatic heterocycles. The molecule has 0 aliphatic carbocycles. The number of hydrogen-bond donors (Lipinski definition) is 4. The van der Waals surface area contributed by atoms with E-state index in [1.807, 2.05) is 0 Å². The number of rotatable bonds is 11. The van der Waals surface area contributed by atoms with Gasteiger partial charge in [-0.25, -0.2) is 19.3 Å². The highest BCUT2D eigenvalue weighted by Crippen LogP contribution is 2.41. The molecule has 38 heavy (non-hydrogen) atoms. The highest BCUT2D eigenvalue weighted by molar-refractivity contribution is 8.01. The Labute approximate surface area is 225 Å². The number of nitrogens with two attached hydrogens (primary N) is 1. The fourth-order valence-electron chi connectivity index (χ4n) is 3.39. The minimum absolute atomic E-state index is 0.0212. The molecule has 1 saturated heterocycles. The summed E-state index contributed by atoms with van der Waals surface area (Å²) in [7, 11) is 0. The van der Waals surface area contributed by atoms with Crippen molar-refractivity contribution in [3.05, 3.63) is 22.3 Å². The van der Waals surface area contributed by atoms with E-state index in [-0.39, 0.29) is 40.3 Å². The van der Waals surface area contributed by atoms with Gasteiger partial charge in [-0.3, -0.25) is 14.5 Å². The molecule has 1 unspecified atom stereocenters. The standard InChI is InChI=1S/C19H17N9O7S3/c1-2-3-27-19(23-25-26-27)38-6-8-5-36-16-12(15(32)28(16)13(8)17(33)34)22-14(31)11(24-35-4-10(29)30)9-7-37-18(20)21-9/h1,7,12,16H,3-6H2,(H2,20,21)(H,22,31)(H,29,30)(H,33,34)/b24-11-/t12?,16-/m1/s1. The van der Waals surface area contributed by atoms with Crippen LogP contribution in [0.1, 0.15) is 5.69 Å². The largest absolute Gasteiger partial charge is 0.479 e. The number of oxime groups is 1. The molecule has 4 rings (SSSR count). The molecule has 2 aliphatic rings. The highest BCUT2D eigenvalue weighted by atomic mass is 32.2. The number of anilines is 1. The fraction of sp³-hybridized carbons (Fsp3) is 0.316. The summed E-state index contributed by atoms with van der Waals surface area (Å²) in [6.07, 6.45) is 5.30. The number of β-lactam (4-membered cyclic amide) rings is 1. The molecule has 2 aliphatic heterocycles. The number of amides is 2. The molecule has 0 spiro atoms. The molecule has 1 fully saturated rings. The first-order chi connectivity index (χ1) is 18.2. The monoisotopic (exact) mass is 579 g/mol. The molecular formula is C19H17N9O7S3. The van der Waals surface area contributed by atoms with E-state index in [4.69, 9.17) is 17.3 Å². The smallest absolute Gasteiger partial charge is 0.352 e. The Bertz CT molecular complexity index is 1400. The number of aliphatic carboxylic acids is 2. The third-order valence-corrected chi connectivity index (χ3v) is 8.03. The van der Waals surface area contributed by atoms with Gasteiger partial charge < -0.3 is 26.1 Å². The van der Waals surface area contributed by atoms with E-state index in [9.17, 15) is 24.3 Å². The molecule has 0 bridgehead atoms. The summed E-state index contributed by atoms with van der Waals surface area (Å²) in [5, 5.41) is 37.1. The SMILES string of the molecule is C#CCn1nnnc1SCC1=C(C(=O)O)N2C(=O)C(NC(=O)/C(=N\OCC(=O)O)c3csc(N)n3)[C@H]2SC1. The summed E-state index contributed by atoms with van der Waals surface area (Å²) in [6, 6.07) is -1.07. The molecule has 5 N–H and O–H groups in total. The van der Waals surface area contributed by atoms with Crippen LogP contribution >= 0.6 is 34.9 Å². The van der Waals surface area contributed by atoms with Crippen LogP contribution in [-0.2, 0) is 30.6 Å². The second-order valence-electron chi connectivity index (χ2n) is 7.41. The van der Waals surface area contributed by atoms with Crippen LogP contribution in [0.15, 0.2) is 27.0 Å². The zero-order valence-electron chi connectivity index (χ0n) is 19.0. The Morgan fingerprint density at radius 1 is 1.39 bits per heavy atom. The lowest BCUT2D eigenvalue weighted by molar-refractivity contribution is -0.150. The number of nitrogens with one attached hydrogen (secondary N) is 1. The number of aromatic nitrogens is 5. The van der Waals surface area contributed by atoms with Crippen LogP contribution in [0.25, 0.3) is 0 Å². The first-order valence-electron chi connectivity index (χ1n) is 10.4. The van der Waals surface area contributed by atoms with Crippen molar-refractivity contribution in [1.29, 1.82) is 0 Å². The lowest BCUT2D eigenvalue weighted by Crippen LogP contribution is -2.71.